The van der Waals surface area contributed by atoms with E-state index in [9.17, 15) is 43.7 Å². The quantitative estimate of drug-likeness (QED) is 0.114. The number of rotatable bonds is 15. The van der Waals surface area contributed by atoms with Crippen molar-refractivity contribution in [3.63, 3.8) is 0 Å². The number of carbonyl (C=O) groups excluding carboxylic acids is 6. The molecule has 0 spiro atoms. The Kier molecular flexibility index (Phi) is 19.7. The maximum Gasteiger partial charge on any atom is 0.411 e. The summed E-state index contributed by atoms with van der Waals surface area (Å²) in [6, 6.07) is 11.3. The third-order valence-corrected chi connectivity index (χ3v) is 8.68. The smallest absolute Gasteiger partial charge is 0.411 e. The van der Waals surface area contributed by atoms with E-state index in [1.54, 1.807) is 52.0 Å². The number of imide groups is 1. The summed E-state index contributed by atoms with van der Waals surface area (Å²) in [6.07, 6.45) is 3.25. The molecule has 1 aliphatic heterocycles. The number of Topliss-reactive ketones (excluding diaryl/α,β-unsaturated/α-hetero) is 2. The molecule has 1 aromatic heterocycles. The van der Waals surface area contributed by atoms with E-state index in [4.69, 9.17) is 15.6 Å². The Morgan fingerprint density at radius 3 is 2.06 bits per heavy atom. The number of carboxylic acids is 1. The minimum atomic E-state index is -1.17. The molecule has 17 nitrogen and oxygen atoms in total. The van der Waals surface area contributed by atoms with Gasteiger partial charge in [-0.1, -0.05) is 41.1 Å². The Hall–Kier alpha value is -5.14. The number of hydrogen-bond acceptors (Lipinski definition) is 14. The molecule has 2 aromatic rings. The second kappa shape index (κ2) is 22.7. The molecular formula is C34H44N6O11S2. The van der Waals surface area contributed by atoms with Gasteiger partial charge >= 0.3 is 17.7 Å². The number of pyridine rings is 1. The van der Waals surface area contributed by atoms with Crippen LogP contribution in [0.1, 0.15) is 47.1 Å². The number of benzene rings is 1. The zero-order valence-corrected chi connectivity index (χ0v) is 31.9. The van der Waals surface area contributed by atoms with E-state index in [1.165, 1.54) is 60.0 Å². The standard InChI is InChI=1S/C19H26N2O6.C9H11N3O3S2.C6H7NO2/c1-14(22)10-21(18(26)27-19(2,3)4)12-16(23)20(13-17(24)25)11-15-8-6-5-7-9-15;1-6(13)7(10)5-16-17-9-8(12(14)15)3-2-4-11-9;1-2-7-5(8)3-4-6(7)9/h5-9H,10-13H2,1-4H3,(H,24,25);2-4,7H,5,10H2,1H3;3-4H,2H2,1H3. The molecule has 1 atom stereocenters. The first-order valence-electron chi connectivity index (χ1n) is 15.9. The number of carboxylic acid groups (broad SMARTS) is 1. The van der Waals surface area contributed by atoms with Gasteiger partial charge in [-0.3, -0.25) is 48.7 Å². The van der Waals surface area contributed by atoms with Crippen LogP contribution in [0.5, 0.6) is 0 Å². The van der Waals surface area contributed by atoms with Gasteiger partial charge in [-0.2, -0.15) is 0 Å². The molecule has 1 unspecified atom stereocenters. The van der Waals surface area contributed by atoms with Crippen LogP contribution in [-0.4, -0.2) is 115 Å². The summed E-state index contributed by atoms with van der Waals surface area (Å²) in [5, 5.41) is 20.1. The molecule has 0 radical (unpaired) electrons. The first kappa shape index (κ1) is 45.9. The number of aromatic nitrogens is 1. The van der Waals surface area contributed by atoms with Gasteiger partial charge in [0.05, 0.1) is 17.5 Å². The van der Waals surface area contributed by atoms with Crippen LogP contribution >= 0.6 is 21.6 Å². The highest BCUT2D eigenvalue weighted by atomic mass is 33.1. The number of hydrogen-bond donors (Lipinski definition) is 2. The summed E-state index contributed by atoms with van der Waals surface area (Å²) in [5.41, 5.74) is 5.46. The zero-order chi connectivity index (χ0) is 40.3. The van der Waals surface area contributed by atoms with Crippen LogP contribution in [0.25, 0.3) is 0 Å². The molecule has 1 aliphatic rings. The van der Waals surface area contributed by atoms with Crippen LogP contribution in [0.3, 0.4) is 0 Å². The van der Waals surface area contributed by atoms with Crippen LogP contribution in [0, 0.1) is 10.1 Å². The fraction of sp³-hybridized carbons (Fsp3) is 0.412. The number of likely N-dealkylation sites (N-methyl/N-ethyl adjacent to an activating group) is 1. The topological polar surface area (TPSA) is 241 Å². The Morgan fingerprint density at radius 2 is 1.58 bits per heavy atom. The molecule has 0 saturated carbocycles. The molecule has 2 heterocycles. The third kappa shape index (κ3) is 18.3. The Balaban J connectivity index is 0.000000455. The van der Waals surface area contributed by atoms with Gasteiger partial charge in [-0.15, -0.1) is 0 Å². The largest absolute Gasteiger partial charge is 0.480 e. The van der Waals surface area contributed by atoms with E-state index in [0.717, 1.165) is 26.2 Å². The van der Waals surface area contributed by atoms with Crippen molar-refractivity contribution in [3.8, 4) is 0 Å². The molecule has 0 aliphatic carbocycles. The molecular weight excluding hydrogens is 733 g/mol. The normalized spacial score (nSPS) is 12.4. The average Bonchev–Trinajstić information content (AvgIpc) is 3.40. The van der Waals surface area contributed by atoms with Crippen molar-refractivity contribution < 1.29 is 48.3 Å². The van der Waals surface area contributed by atoms with Gasteiger partial charge in [-0.05, 0) is 64.0 Å². The number of ketones is 2. The molecule has 4 amide bonds. The molecule has 1 aromatic carbocycles. The predicted octanol–water partition coefficient (Wildman–Crippen LogP) is 3.50. The summed E-state index contributed by atoms with van der Waals surface area (Å²) < 4.78 is 5.23. The molecule has 0 fully saturated rings. The van der Waals surface area contributed by atoms with Crippen molar-refractivity contribution in [2.24, 2.45) is 5.73 Å². The van der Waals surface area contributed by atoms with Gasteiger partial charge in [0.1, 0.15) is 30.3 Å². The van der Waals surface area contributed by atoms with Gasteiger partial charge in [-0.25, -0.2) is 9.78 Å². The lowest BCUT2D eigenvalue weighted by Crippen LogP contribution is -2.47. The predicted molar refractivity (Wildman–Crippen MR) is 197 cm³/mol. The first-order valence-corrected chi connectivity index (χ1v) is 18.3. The van der Waals surface area contributed by atoms with Crippen LogP contribution in [0.2, 0.25) is 0 Å². The lowest BCUT2D eigenvalue weighted by atomic mass is 10.2. The third-order valence-electron chi connectivity index (χ3n) is 6.36. The molecule has 0 bridgehead atoms. The maximum absolute atomic E-state index is 12.6. The van der Waals surface area contributed by atoms with Gasteiger partial charge in [0.2, 0.25) is 5.91 Å². The molecule has 288 valence electrons. The summed E-state index contributed by atoms with van der Waals surface area (Å²) in [6.45, 7) is 8.76. The zero-order valence-electron chi connectivity index (χ0n) is 30.3. The monoisotopic (exact) mass is 776 g/mol. The van der Waals surface area contributed by atoms with Crippen molar-refractivity contribution in [2.75, 3.05) is 31.9 Å². The molecule has 53 heavy (non-hydrogen) atoms. The van der Waals surface area contributed by atoms with Crippen molar-refractivity contribution in [1.29, 1.82) is 0 Å². The number of ether oxygens (including phenoxy) is 1. The fourth-order valence-corrected chi connectivity index (χ4v) is 6.11. The fourth-order valence-electron chi connectivity index (χ4n) is 3.85. The lowest BCUT2D eigenvalue weighted by molar-refractivity contribution is -0.388. The van der Waals surface area contributed by atoms with Gasteiger partial charge in [0.15, 0.2) is 5.03 Å². The number of amides is 4. The number of nitro groups is 1. The van der Waals surface area contributed by atoms with E-state index >= 15 is 0 Å². The number of aliphatic carboxylic acids is 1. The van der Waals surface area contributed by atoms with Crippen LogP contribution in [0.4, 0.5) is 10.5 Å². The van der Waals surface area contributed by atoms with Crippen molar-refractivity contribution in [2.45, 2.75) is 64.8 Å². The molecule has 3 rings (SSSR count). The lowest BCUT2D eigenvalue weighted by Gasteiger charge is -2.28. The van der Waals surface area contributed by atoms with Crippen LogP contribution in [0.15, 0.2) is 65.8 Å². The van der Waals surface area contributed by atoms with Crippen LogP contribution < -0.4 is 5.73 Å². The summed E-state index contributed by atoms with van der Waals surface area (Å²) >= 11 is 0. The minimum Gasteiger partial charge on any atom is -0.480 e. The Morgan fingerprint density at radius 1 is 0.981 bits per heavy atom. The number of nitrogens with two attached hydrogens (primary N) is 1. The summed E-state index contributed by atoms with van der Waals surface area (Å²) in [7, 11) is 2.43. The molecule has 0 saturated heterocycles. The Labute approximate surface area is 314 Å². The SMILES string of the molecule is CC(=O)C(N)CSSc1ncccc1[N+](=O)[O-].CC(=O)CN(CC(=O)N(CC(=O)O)Cc1ccccc1)C(=O)OC(C)(C)C.CCN1C(=O)C=CC1=O. The van der Waals surface area contributed by atoms with E-state index < -0.39 is 47.6 Å². The van der Waals surface area contributed by atoms with E-state index in [1.807, 2.05) is 6.07 Å². The highest BCUT2D eigenvalue weighted by Gasteiger charge is 2.28. The van der Waals surface area contributed by atoms with Crippen molar-refractivity contribution in [1.82, 2.24) is 19.7 Å². The molecule has 19 heteroatoms. The maximum atomic E-state index is 12.6. The van der Waals surface area contributed by atoms with Crippen molar-refractivity contribution in [3.05, 3.63) is 76.5 Å². The van der Waals surface area contributed by atoms with Crippen molar-refractivity contribution >= 4 is 68.6 Å². The highest BCUT2D eigenvalue weighted by molar-refractivity contribution is 8.76. The minimum absolute atomic E-state index is 0.0404. The number of carbonyl (C=O) groups is 7. The van der Waals surface area contributed by atoms with E-state index in [0.29, 0.717) is 17.3 Å². The van der Waals surface area contributed by atoms with Gasteiger partial charge in [0, 0.05) is 43.3 Å². The first-order chi connectivity index (χ1) is 24.7. The van der Waals surface area contributed by atoms with E-state index in [2.05, 4.69) is 4.98 Å². The van der Waals surface area contributed by atoms with Gasteiger partial charge in [0.25, 0.3) is 11.8 Å². The summed E-state index contributed by atoms with van der Waals surface area (Å²) in [4.78, 5) is 97.1. The van der Waals surface area contributed by atoms with Gasteiger partial charge < -0.3 is 20.5 Å². The Bertz CT molecular complexity index is 1630. The second-order valence-electron chi connectivity index (χ2n) is 12.1. The van der Waals surface area contributed by atoms with E-state index in [-0.39, 0.29) is 42.2 Å². The second-order valence-corrected chi connectivity index (χ2v) is 14.4. The highest BCUT2D eigenvalue weighted by Crippen LogP contribution is 2.35. The summed E-state index contributed by atoms with van der Waals surface area (Å²) in [5.74, 6) is -2.20. The van der Waals surface area contributed by atoms with Crippen LogP contribution in [-0.2, 0) is 40.0 Å². The average molecular weight is 777 g/mol. The molecule has 3 N–H and O–H groups in total. The number of nitrogens with zero attached hydrogens (tertiary/aromatic N) is 5.